The van der Waals surface area contributed by atoms with E-state index in [0.717, 1.165) is 50.6 Å². The van der Waals surface area contributed by atoms with Crippen molar-refractivity contribution in [1.29, 1.82) is 0 Å². The predicted octanol–water partition coefficient (Wildman–Crippen LogP) is 7.16. The molecule has 0 saturated heterocycles. The van der Waals surface area contributed by atoms with Gasteiger partial charge in [-0.15, -0.1) is 0 Å². The van der Waals surface area contributed by atoms with Crippen LogP contribution in [0.4, 0.5) is 11.4 Å². The molecule has 0 amide bonds. The van der Waals surface area contributed by atoms with E-state index in [1.165, 1.54) is 0 Å². The van der Waals surface area contributed by atoms with Gasteiger partial charge in [-0.3, -0.25) is 0 Å². The maximum atomic E-state index is 6.74. The molecule has 2 N–H and O–H groups in total. The number of nitrogens with one attached hydrogen (secondary N) is 2. The van der Waals surface area contributed by atoms with Gasteiger partial charge in [-0.2, -0.15) is 0 Å². The third kappa shape index (κ3) is 4.09. The Hall–Kier alpha value is -4.51. The topological polar surface area (TPSA) is 58.6 Å². The monoisotopic (exact) mass is 473 g/mol. The Kier molecular flexibility index (Phi) is 5.88. The minimum atomic E-state index is -0.246. The summed E-state index contributed by atoms with van der Waals surface area (Å²) in [7, 11) is 1.69. The molecule has 6 rings (SSSR count). The number of para-hydroxylation sites is 5. The second kappa shape index (κ2) is 9.62. The molecule has 1 aromatic heterocycles. The van der Waals surface area contributed by atoms with Crippen molar-refractivity contribution in [3.63, 3.8) is 0 Å². The lowest BCUT2D eigenvalue weighted by Gasteiger charge is -2.28. The van der Waals surface area contributed by atoms with E-state index in [0.29, 0.717) is 6.54 Å². The third-order valence-corrected chi connectivity index (χ3v) is 6.69. The van der Waals surface area contributed by atoms with E-state index in [1.54, 1.807) is 7.11 Å². The van der Waals surface area contributed by atoms with Crippen molar-refractivity contribution >= 4 is 28.0 Å². The first-order valence-electron chi connectivity index (χ1n) is 12.1. The molecule has 1 aliphatic rings. The lowest BCUT2D eigenvalue weighted by Crippen LogP contribution is -2.32. The van der Waals surface area contributed by atoms with Gasteiger partial charge in [0.1, 0.15) is 23.3 Å². The van der Waals surface area contributed by atoms with Gasteiger partial charge in [0, 0.05) is 29.2 Å². The number of aliphatic imine (C=N–C) groups is 1. The minimum Gasteiger partial charge on any atom is -0.495 e. The van der Waals surface area contributed by atoms with E-state index in [2.05, 4.69) is 59.0 Å². The molecule has 0 aliphatic carbocycles. The Bertz CT molecular complexity index is 1520. The molecule has 2 heterocycles. The highest BCUT2D eigenvalue weighted by Gasteiger charge is 2.34. The van der Waals surface area contributed by atoms with Gasteiger partial charge >= 0.3 is 0 Å². The van der Waals surface area contributed by atoms with E-state index in [4.69, 9.17) is 14.5 Å². The van der Waals surface area contributed by atoms with Crippen molar-refractivity contribution in [2.24, 2.45) is 10.9 Å². The number of benzene rings is 4. The summed E-state index contributed by atoms with van der Waals surface area (Å²) in [6, 6.07) is 34.7. The van der Waals surface area contributed by atoms with Gasteiger partial charge in [0.05, 0.1) is 24.4 Å². The summed E-state index contributed by atoms with van der Waals surface area (Å²) in [6.07, 6.45) is 1.82. The summed E-state index contributed by atoms with van der Waals surface area (Å²) >= 11 is 0. The summed E-state index contributed by atoms with van der Waals surface area (Å²) in [5.41, 5.74) is 6.02. The van der Waals surface area contributed by atoms with Crippen molar-refractivity contribution in [3.05, 3.63) is 120 Å². The molecule has 0 saturated carbocycles. The van der Waals surface area contributed by atoms with Crippen molar-refractivity contribution in [1.82, 2.24) is 4.98 Å². The molecule has 0 spiro atoms. The van der Waals surface area contributed by atoms with Crippen LogP contribution in [0.15, 0.2) is 114 Å². The Labute approximate surface area is 210 Å². The highest BCUT2D eigenvalue weighted by Crippen LogP contribution is 2.41. The van der Waals surface area contributed by atoms with E-state index in [-0.39, 0.29) is 12.0 Å². The number of fused-ring (bicyclic) bond motifs is 2. The first kappa shape index (κ1) is 22.0. The maximum absolute atomic E-state index is 6.74. The fourth-order valence-electron chi connectivity index (χ4n) is 4.92. The lowest BCUT2D eigenvalue weighted by molar-refractivity contribution is 0.176. The van der Waals surface area contributed by atoms with Crippen molar-refractivity contribution in [2.75, 3.05) is 19.0 Å². The van der Waals surface area contributed by atoms with Gasteiger partial charge < -0.3 is 19.8 Å². The molecule has 36 heavy (non-hydrogen) atoms. The molecule has 0 radical (unpaired) electrons. The average molecular weight is 474 g/mol. The third-order valence-electron chi connectivity index (χ3n) is 6.69. The number of nitrogens with zero attached hydrogens (tertiary/aromatic N) is 1. The van der Waals surface area contributed by atoms with Crippen LogP contribution in [0, 0.1) is 5.92 Å². The number of anilines is 1. The molecule has 5 heteroatoms. The molecule has 4 aromatic carbocycles. The largest absolute Gasteiger partial charge is 0.495 e. The van der Waals surface area contributed by atoms with Crippen LogP contribution >= 0.6 is 0 Å². The number of aromatic nitrogens is 1. The molecule has 178 valence electrons. The molecule has 2 unspecified atom stereocenters. The summed E-state index contributed by atoms with van der Waals surface area (Å²) in [5, 5.41) is 4.78. The van der Waals surface area contributed by atoms with Crippen molar-refractivity contribution in [2.45, 2.75) is 6.10 Å². The van der Waals surface area contributed by atoms with Gasteiger partial charge in [0.25, 0.3) is 0 Å². The highest BCUT2D eigenvalue weighted by atomic mass is 16.5. The van der Waals surface area contributed by atoms with Crippen LogP contribution < -0.4 is 14.8 Å². The number of hydrogen-bond acceptors (Lipinski definition) is 4. The van der Waals surface area contributed by atoms with Gasteiger partial charge in [0.15, 0.2) is 0 Å². The average Bonchev–Trinajstić information content (AvgIpc) is 3.29. The second-order valence-electron chi connectivity index (χ2n) is 8.85. The van der Waals surface area contributed by atoms with E-state index < -0.39 is 0 Å². The first-order chi connectivity index (χ1) is 17.8. The Morgan fingerprint density at radius 2 is 1.61 bits per heavy atom. The quantitative estimate of drug-likeness (QED) is 0.275. The van der Waals surface area contributed by atoms with E-state index in [1.807, 2.05) is 60.7 Å². The smallest absolute Gasteiger partial charge is 0.145 e. The molecule has 5 nitrogen and oxygen atoms in total. The number of H-pyrrole nitrogens is 1. The Morgan fingerprint density at radius 1 is 0.861 bits per heavy atom. The van der Waals surface area contributed by atoms with Gasteiger partial charge in [-0.05, 0) is 35.9 Å². The standard InChI is InChI=1S/C31H27N3O2/c1-35-28-17-9-7-15-26(28)33-20-24-30(23-19-32-25-14-6-5-13-22(23)25)34-27-16-8-10-18-29(27)36-31(24)21-11-3-2-4-12-21/h2-19,24,31-33H,20H2,1H3. The van der Waals surface area contributed by atoms with Crippen molar-refractivity contribution in [3.8, 4) is 11.5 Å². The van der Waals surface area contributed by atoms with Crippen LogP contribution in [-0.4, -0.2) is 24.4 Å². The SMILES string of the molecule is COc1ccccc1NCC1C(c2c[nH]c3ccccc23)=Nc2ccccc2OC1c1ccccc1. The number of methoxy groups -OCH3 is 1. The molecule has 0 fully saturated rings. The van der Waals surface area contributed by atoms with Gasteiger partial charge in [-0.1, -0.05) is 72.8 Å². The van der Waals surface area contributed by atoms with Gasteiger partial charge in [0.2, 0.25) is 0 Å². The maximum Gasteiger partial charge on any atom is 0.145 e. The van der Waals surface area contributed by atoms with Crippen LogP contribution in [0.1, 0.15) is 17.2 Å². The van der Waals surface area contributed by atoms with E-state index in [9.17, 15) is 0 Å². The summed E-state index contributed by atoms with van der Waals surface area (Å²) < 4.78 is 12.3. The van der Waals surface area contributed by atoms with Crippen LogP contribution in [0.3, 0.4) is 0 Å². The molecule has 1 aliphatic heterocycles. The Morgan fingerprint density at radius 3 is 2.50 bits per heavy atom. The fraction of sp³-hybridized carbons (Fsp3) is 0.129. The first-order valence-corrected chi connectivity index (χ1v) is 12.1. The van der Waals surface area contributed by atoms with Gasteiger partial charge in [-0.25, -0.2) is 4.99 Å². The zero-order valence-electron chi connectivity index (χ0n) is 20.0. The van der Waals surface area contributed by atoms with Crippen LogP contribution in [0.5, 0.6) is 11.5 Å². The Balaban J connectivity index is 1.51. The summed E-state index contributed by atoms with van der Waals surface area (Å²) in [4.78, 5) is 8.68. The number of rotatable bonds is 6. The molecular weight excluding hydrogens is 446 g/mol. The fourth-order valence-corrected chi connectivity index (χ4v) is 4.92. The number of ether oxygens (including phenoxy) is 2. The predicted molar refractivity (Wildman–Crippen MR) is 146 cm³/mol. The van der Waals surface area contributed by atoms with Crippen LogP contribution in [0.2, 0.25) is 0 Å². The summed E-state index contributed by atoms with van der Waals surface area (Å²) in [6.45, 7) is 0.603. The van der Waals surface area contributed by atoms with Crippen molar-refractivity contribution < 1.29 is 9.47 Å². The molecular formula is C31H27N3O2. The summed E-state index contributed by atoms with van der Waals surface area (Å²) in [5.74, 6) is 1.49. The number of aromatic amines is 1. The minimum absolute atomic E-state index is 0.0936. The molecule has 5 aromatic rings. The number of hydrogen-bond donors (Lipinski definition) is 2. The van der Waals surface area contributed by atoms with E-state index >= 15 is 0 Å². The molecule has 2 atom stereocenters. The lowest BCUT2D eigenvalue weighted by atomic mass is 9.87. The normalized spacial score (nSPS) is 17.0. The van der Waals surface area contributed by atoms with Crippen LogP contribution in [0.25, 0.3) is 10.9 Å². The zero-order valence-corrected chi connectivity index (χ0v) is 20.0. The molecule has 0 bridgehead atoms. The second-order valence-corrected chi connectivity index (χ2v) is 8.85. The zero-order chi connectivity index (χ0) is 24.3. The van der Waals surface area contributed by atoms with Crippen LogP contribution in [-0.2, 0) is 0 Å². The highest BCUT2D eigenvalue weighted by molar-refractivity contribution is 6.13.